The molecule has 126 valence electrons. The molecule has 2 aliphatic rings. The molecule has 25 heavy (non-hydrogen) atoms. The Balaban J connectivity index is 1.87. The van der Waals surface area contributed by atoms with Crippen LogP contribution in [0.1, 0.15) is 39.5 Å². The molecule has 1 N–H and O–H groups in total. The number of nitro groups is 1. The van der Waals surface area contributed by atoms with Gasteiger partial charge in [-0.2, -0.15) is 10.1 Å². The number of nitrogens with zero attached hydrogens (tertiary/aromatic N) is 4. The average Bonchev–Trinajstić information content (AvgIpc) is 3.14. The summed E-state index contributed by atoms with van der Waals surface area (Å²) < 4.78 is 1.28. The molecule has 0 saturated heterocycles. The molecule has 4 rings (SSSR count). The number of hydrogen-bond acceptors (Lipinski definition) is 7. The fourth-order valence-corrected chi connectivity index (χ4v) is 3.29. The summed E-state index contributed by atoms with van der Waals surface area (Å²) in [6.07, 6.45) is 1.70. The highest BCUT2D eigenvalue weighted by Gasteiger charge is 2.51. The van der Waals surface area contributed by atoms with Gasteiger partial charge in [0.2, 0.25) is 5.95 Å². The number of rotatable bonds is 3. The van der Waals surface area contributed by atoms with Gasteiger partial charge in [-0.25, -0.2) is 4.68 Å². The van der Waals surface area contributed by atoms with Gasteiger partial charge in [0.05, 0.1) is 11.1 Å². The third-order valence-electron chi connectivity index (χ3n) is 4.46. The number of aryl methyl sites for hydroxylation is 1. The molecule has 1 atom stereocenters. The van der Waals surface area contributed by atoms with E-state index in [9.17, 15) is 19.7 Å². The standard InChI is InChI=1S/C16H13N5O4/c1-2-11-18-16-17-7-10(21(24)25)13(20(16)19-11)12-14(22)8-5-3-4-6-9(8)15(12)23/h3-7,12-13H,2H2,1H3,(H,17,18,19). The van der Waals surface area contributed by atoms with Gasteiger partial charge in [-0.1, -0.05) is 31.2 Å². The summed E-state index contributed by atoms with van der Waals surface area (Å²) in [5.74, 6) is -1.33. The van der Waals surface area contributed by atoms with E-state index < -0.39 is 28.4 Å². The minimum absolute atomic E-state index is 0.281. The van der Waals surface area contributed by atoms with Gasteiger partial charge < -0.3 is 5.32 Å². The number of fused-ring (bicyclic) bond motifs is 2. The Morgan fingerprint density at radius 2 is 1.88 bits per heavy atom. The normalized spacial score (nSPS) is 19.2. The molecule has 1 unspecified atom stereocenters. The number of carbonyl (C=O) groups is 2. The van der Waals surface area contributed by atoms with E-state index in [1.165, 1.54) is 10.9 Å². The molecule has 0 spiro atoms. The van der Waals surface area contributed by atoms with E-state index in [1.54, 1.807) is 24.3 Å². The van der Waals surface area contributed by atoms with Crippen LogP contribution in [-0.2, 0) is 6.42 Å². The first-order valence-electron chi connectivity index (χ1n) is 7.76. The highest BCUT2D eigenvalue weighted by atomic mass is 16.6. The molecule has 9 nitrogen and oxygen atoms in total. The van der Waals surface area contributed by atoms with Crippen LogP contribution in [0.15, 0.2) is 36.2 Å². The number of carbonyl (C=O) groups excluding carboxylic acids is 2. The third-order valence-corrected chi connectivity index (χ3v) is 4.46. The second-order valence-electron chi connectivity index (χ2n) is 5.82. The quantitative estimate of drug-likeness (QED) is 0.512. The molecule has 0 amide bonds. The third kappa shape index (κ3) is 2.09. The fraction of sp³-hybridized carbons (Fsp3) is 0.250. The smallest absolute Gasteiger partial charge is 0.287 e. The number of anilines is 1. The van der Waals surface area contributed by atoms with Crippen molar-refractivity contribution in [2.75, 3.05) is 5.32 Å². The maximum absolute atomic E-state index is 12.8. The summed E-state index contributed by atoms with van der Waals surface area (Å²) in [5, 5.41) is 18.5. The number of ketones is 2. The van der Waals surface area contributed by atoms with Crippen molar-refractivity contribution in [2.45, 2.75) is 19.4 Å². The van der Waals surface area contributed by atoms with Gasteiger partial charge >= 0.3 is 0 Å². The van der Waals surface area contributed by atoms with Crippen LogP contribution in [0.25, 0.3) is 0 Å². The lowest BCUT2D eigenvalue weighted by Crippen LogP contribution is -2.35. The maximum Gasteiger partial charge on any atom is 0.287 e. The topological polar surface area (TPSA) is 120 Å². The van der Waals surface area contributed by atoms with Crippen LogP contribution in [0.4, 0.5) is 5.95 Å². The fourth-order valence-electron chi connectivity index (χ4n) is 3.29. The second kappa shape index (κ2) is 5.33. The summed E-state index contributed by atoms with van der Waals surface area (Å²) in [7, 11) is 0. The van der Waals surface area contributed by atoms with Crippen LogP contribution in [0.5, 0.6) is 0 Å². The van der Waals surface area contributed by atoms with Crippen molar-refractivity contribution in [1.82, 2.24) is 14.8 Å². The molecule has 0 radical (unpaired) electrons. The second-order valence-corrected chi connectivity index (χ2v) is 5.82. The Hall–Kier alpha value is -3.36. The van der Waals surface area contributed by atoms with Gasteiger partial charge in [0.15, 0.2) is 23.4 Å². The van der Waals surface area contributed by atoms with Gasteiger partial charge in [0.25, 0.3) is 5.70 Å². The number of nitrogens with one attached hydrogen (secondary N) is 1. The summed E-state index contributed by atoms with van der Waals surface area (Å²) >= 11 is 0. The Bertz CT molecular complexity index is 926. The maximum atomic E-state index is 12.8. The zero-order valence-corrected chi connectivity index (χ0v) is 13.2. The molecule has 1 aromatic heterocycles. The molecule has 9 heteroatoms. The average molecular weight is 339 g/mol. The SMILES string of the molecule is CCc1nc2n(n1)C(C1C(=O)c3ccccc3C1=O)C([N+](=O)[O-])=CN2. The largest absolute Gasteiger partial charge is 0.325 e. The van der Waals surface area contributed by atoms with Gasteiger partial charge in [-0.3, -0.25) is 19.7 Å². The Kier molecular flexibility index (Phi) is 3.24. The highest BCUT2D eigenvalue weighted by Crippen LogP contribution is 2.40. The summed E-state index contributed by atoms with van der Waals surface area (Å²) in [6, 6.07) is 5.31. The zero-order chi connectivity index (χ0) is 17.7. The van der Waals surface area contributed by atoms with Gasteiger partial charge in [0.1, 0.15) is 5.92 Å². The Morgan fingerprint density at radius 3 is 2.44 bits per heavy atom. The summed E-state index contributed by atoms with van der Waals surface area (Å²) in [6.45, 7) is 1.85. The molecular weight excluding hydrogens is 326 g/mol. The number of Topliss-reactive ketones (excluding diaryl/α,β-unsaturated/α-hetero) is 2. The molecule has 0 fully saturated rings. The van der Waals surface area contributed by atoms with Crippen LogP contribution in [0.2, 0.25) is 0 Å². The van der Waals surface area contributed by atoms with Crippen LogP contribution >= 0.6 is 0 Å². The van der Waals surface area contributed by atoms with Crippen molar-refractivity contribution in [3.05, 3.63) is 63.2 Å². The van der Waals surface area contributed by atoms with Crippen molar-refractivity contribution in [3.8, 4) is 0 Å². The summed E-state index contributed by atoms with van der Waals surface area (Å²) in [5.41, 5.74) is 0.284. The van der Waals surface area contributed by atoms with Crippen molar-refractivity contribution < 1.29 is 14.5 Å². The van der Waals surface area contributed by atoms with Crippen LogP contribution < -0.4 is 5.32 Å². The number of aromatic nitrogens is 3. The first-order chi connectivity index (χ1) is 12.0. The monoisotopic (exact) mass is 339 g/mol. The van der Waals surface area contributed by atoms with E-state index in [2.05, 4.69) is 15.4 Å². The van der Waals surface area contributed by atoms with Crippen molar-refractivity contribution in [3.63, 3.8) is 0 Å². The lowest BCUT2D eigenvalue weighted by atomic mass is 9.92. The van der Waals surface area contributed by atoms with E-state index in [0.29, 0.717) is 12.2 Å². The molecule has 2 heterocycles. The van der Waals surface area contributed by atoms with Crippen molar-refractivity contribution in [1.29, 1.82) is 0 Å². The molecule has 2 aromatic rings. The predicted molar refractivity (Wildman–Crippen MR) is 85.7 cm³/mol. The molecule has 0 bridgehead atoms. The van der Waals surface area contributed by atoms with Crippen molar-refractivity contribution in [2.24, 2.45) is 5.92 Å². The van der Waals surface area contributed by atoms with E-state index in [1.807, 2.05) is 6.92 Å². The van der Waals surface area contributed by atoms with E-state index in [4.69, 9.17) is 0 Å². The lowest BCUT2D eigenvalue weighted by Gasteiger charge is -2.23. The molecule has 1 aromatic carbocycles. The predicted octanol–water partition coefficient (Wildman–Crippen LogP) is 1.62. The molecule has 0 saturated carbocycles. The van der Waals surface area contributed by atoms with Crippen molar-refractivity contribution >= 4 is 17.5 Å². The van der Waals surface area contributed by atoms with Crippen LogP contribution in [0.3, 0.4) is 0 Å². The minimum Gasteiger partial charge on any atom is -0.325 e. The Labute approximate surface area is 141 Å². The zero-order valence-electron chi connectivity index (χ0n) is 13.2. The number of hydrogen-bond donors (Lipinski definition) is 1. The van der Waals surface area contributed by atoms with Gasteiger partial charge in [0, 0.05) is 17.5 Å². The van der Waals surface area contributed by atoms with Gasteiger partial charge in [-0.05, 0) is 0 Å². The van der Waals surface area contributed by atoms with Gasteiger partial charge in [-0.15, -0.1) is 0 Å². The van der Waals surface area contributed by atoms with Crippen LogP contribution in [-0.4, -0.2) is 31.3 Å². The van der Waals surface area contributed by atoms with E-state index in [-0.39, 0.29) is 22.8 Å². The molecule has 1 aliphatic carbocycles. The Morgan fingerprint density at radius 1 is 1.24 bits per heavy atom. The van der Waals surface area contributed by atoms with E-state index >= 15 is 0 Å². The first kappa shape index (κ1) is 15.2. The van der Waals surface area contributed by atoms with E-state index in [0.717, 1.165) is 0 Å². The summed E-state index contributed by atoms with van der Waals surface area (Å²) in [4.78, 5) is 40.8. The highest BCUT2D eigenvalue weighted by molar-refractivity contribution is 6.26. The number of benzene rings is 1. The lowest BCUT2D eigenvalue weighted by molar-refractivity contribution is -0.433. The first-order valence-corrected chi connectivity index (χ1v) is 7.76. The van der Waals surface area contributed by atoms with Crippen LogP contribution in [0, 0.1) is 16.0 Å². The molecule has 1 aliphatic heterocycles. The number of allylic oxidation sites excluding steroid dienone is 1. The molecular formula is C16H13N5O4. The minimum atomic E-state index is -1.22.